The van der Waals surface area contributed by atoms with Crippen molar-refractivity contribution in [2.24, 2.45) is 10.9 Å². The third-order valence-corrected chi connectivity index (χ3v) is 8.26. The highest BCUT2D eigenvalue weighted by atomic mass is 35.5. The molecule has 2 aromatic carbocycles. The molecule has 38 heavy (non-hydrogen) atoms. The standard InChI is InChI=1S/C32H40ClN3OS/c1-6-9-10-13-26(7-2)36(5)34-22-29(37)23(4)16-21-31-28(8-3)35-32(24-17-19-25(33)20-18-24)27-14-11-12-15-30(27)38-31/h8,11-12,14-21,23,26,34H,3,6-7,9-10,13,22H2,1-2,4-5H3/b21-16-. The van der Waals surface area contributed by atoms with Crippen molar-refractivity contribution in [3.63, 3.8) is 0 Å². The Morgan fingerprint density at radius 2 is 1.89 bits per heavy atom. The SMILES string of the molecule is C=CC1=C(/C=C\C(C)C(=O)CNN(C)C(CC)CCCCC)Sc2ccccc2C(c2ccc(Cl)cc2)=N1. The third-order valence-electron chi connectivity index (χ3n) is 6.86. The maximum Gasteiger partial charge on any atom is 0.154 e. The number of hydrogen-bond acceptors (Lipinski definition) is 5. The van der Waals surface area contributed by atoms with Crippen LogP contribution in [0.5, 0.6) is 0 Å². The zero-order valence-electron chi connectivity index (χ0n) is 23.0. The van der Waals surface area contributed by atoms with E-state index >= 15 is 0 Å². The van der Waals surface area contributed by atoms with Gasteiger partial charge in [0, 0.05) is 45.0 Å². The molecule has 0 saturated carbocycles. The van der Waals surface area contributed by atoms with Crippen LogP contribution in [0.3, 0.4) is 0 Å². The minimum atomic E-state index is -0.228. The van der Waals surface area contributed by atoms with E-state index in [1.807, 2.05) is 62.5 Å². The molecule has 0 spiro atoms. The van der Waals surface area contributed by atoms with E-state index in [1.165, 1.54) is 19.3 Å². The summed E-state index contributed by atoms with van der Waals surface area (Å²) in [6.45, 7) is 10.7. The molecule has 1 aliphatic rings. The average Bonchev–Trinajstić information content (AvgIpc) is 3.09. The number of Topliss-reactive ketones (excluding diaryl/α,β-unsaturated/α-hetero) is 1. The van der Waals surface area contributed by atoms with Crippen LogP contribution in [0.15, 0.2) is 93.8 Å². The second kappa shape index (κ2) is 15.2. The van der Waals surface area contributed by atoms with Crippen LogP contribution in [-0.4, -0.2) is 36.1 Å². The lowest BCUT2D eigenvalue weighted by Gasteiger charge is -2.28. The zero-order valence-corrected chi connectivity index (χ0v) is 24.6. The number of carbonyl (C=O) groups is 1. The molecule has 1 N–H and O–H groups in total. The first-order valence-corrected chi connectivity index (χ1v) is 14.7. The number of nitrogens with one attached hydrogen (secondary N) is 1. The predicted octanol–water partition coefficient (Wildman–Crippen LogP) is 8.24. The quantitative estimate of drug-likeness (QED) is 0.190. The Morgan fingerprint density at radius 1 is 1.16 bits per heavy atom. The molecule has 4 nitrogen and oxygen atoms in total. The minimum absolute atomic E-state index is 0.154. The maximum atomic E-state index is 13.0. The van der Waals surface area contributed by atoms with Gasteiger partial charge in [-0.15, -0.1) is 0 Å². The minimum Gasteiger partial charge on any atom is -0.298 e. The lowest BCUT2D eigenvalue weighted by Crippen LogP contribution is -2.45. The number of benzene rings is 2. The molecule has 0 amide bonds. The molecule has 1 aliphatic heterocycles. The fraction of sp³-hybridized carbons (Fsp3) is 0.375. The van der Waals surface area contributed by atoms with E-state index in [9.17, 15) is 4.79 Å². The number of carbonyl (C=O) groups excluding carboxylic acids is 1. The molecule has 0 saturated heterocycles. The number of aliphatic imine (C=N–C) groups is 1. The molecule has 2 aromatic rings. The number of allylic oxidation sites excluding steroid dienone is 3. The van der Waals surface area contributed by atoms with Crippen molar-refractivity contribution < 1.29 is 4.79 Å². The van der Waals surface area contributed by atoms with E-state index in [2.05, 4.69) is 43.0 Å². The van der Waals surface area contributed by atoms with Crippen LogP contribution in [0.25, 0.3) is 0 Å². The molecular weight excluding hydrogens is 510 g/mol. The second-order valence-electron chi connectivity index (χ2n) is 9.64. The van der Waals surface area contributed by atoms with Gasteiger partial charge < -0.3 is 0 Å². The molecular formula is C32H40ClN3OS. The summed E-state index contributed by atoms with van der Waals surface area (Å²) in [5, 5.41) is 2.81. The van der Waals surface area contributed by atoms with Gasteiger partial charge in [0.1, 0.15) is 0 Å². The molecule has 6 heteroatoms. The van der Waals surface area contributed by atoms with Crippen molar-refractivity contribution >= 4 is 34.9 Å². The Morgan fingerprint density at radius 3 is 2.58 bits per heavy atom. The number of fused-ring (bicyclic) bond motifs is 1. The maximum absolute atomic E-state index is 13.0. The smallest absolute Gasteiger partial charge is 0.154 e. The summed E-state index contributed by atoms with van der Waals surface area (Å²) in [5.74, 6) is -0.0740. The fourth-order valence-corrected chi connectivity index (χ4v) is 5.55. The highest BCUT2D eigenvalue weighted by Gasteiger charge is 2.20. The summed E-state index contributed by atoms with van der Waals surface area (Å²) in [6.07, 6.45) is 11.7. The second-order valence-corrected chi connectivity index (χ2v) is 11.2. The first kappa shape index (κ1) is 30.1. The largest absolute Gasteiger partial charge is 0.298 e. The monoisotopic (exact) mass is 549 g/mol. The lowest BCUT2D eigenvalue weighted by atomic mass is 10.0. The van der Waals surface area contributed by atoms with Gasteiger partial charge in [0.25, 0.3) is 0 Å². The molecule has 0 bridgehead atoms. The van der Waals surface area contributed by atoms with Gasteiger partial charge in [-0.2, -0.15) is 0 Å². The molecule has 2 atom stereocenters. The molecule has 1 heterocycles. The van der Waals surface area contributed by atoms with Crippen molar-refractivity contribution in [2.45, 2.75) is 63.8 Å². The topological polar surface area (TPSA) is 44.7 Å². The van der Waals surface area contributed by atoms with Gasteiger partial charge >= 0.3 is 0 Å². The van der Waals surface area contributed by atoms with Gasteiger partial charge in [0.05, 0.1) is 18.0 Å². The van der Waals surface area contributed by atoms with E-state index in [0.717, 1.165) is 45.2 Å². The number of unbranched alkanes of at least 4 members (excludes halogenated alkanes) is 2. The summed E-state index contributed by atoms with van der Waals surface area (Å²) in [4.78, 5) is 20.0. The number of hydrazine groups is 1. The Balaban J connectivity index is 1.75. The van der Waals surface area contributed by atoms with E-state index in [4.69, 9.17) is 16.6 Å². The summed E-state index contributed by atoms with van der Waals surface area (Å²) in [5.41, 5.74) is 7.04. The Kier molecular flexibility index (Phi) is 12.1. The van der Waals surface area contributed by atoms with Crippen molar-refractivity contribution in [3.05, 3.63) is 100 Å². The van der Waals surface area contributed by atoms with Gasteiger partial charge in [0.15, 0.2) is 5.78 Å². The molecule has 2 unspecified atom stereocenters. The summed E-state index contributed by atoms with van der Waals surface area (Å²) in [6, 6.07) is 16.4. The van der Waals surface area contributed by atoms with Crippen LogP contribution in [0.1, 0.15) is 64.0 Å². The number of thioether (sulfide) groups is 1. The Labute approximate surface area is 237 Å². The molecule has 202 valence electrons. The number of halogens is 1. The van der Waals surface area contributed by atoms with E-state index in [0.29, 0.717) is 17.6 Å². The molecule has 0 radical (unpaired) electrons. The van der Waals surface area contributed by atoms with Gasteiger partial charge in [-0.25, -0.2) is 15.4 Å². The van der Waals surface area contributed by atoms with Crippen LogP contribution in [0.4, 0.5) is 0 Å². The van der Waals surface area contributed by atoms with Crippen molar-refractivity contribution in [2.75, 3.05) is 13.6 Å². The Hall–Kier alpha value is -2.44. The van der Waals surface area contributed by atoms with E-state index < -0.39 is 0 Å². The number of rotatable bonds is 14. The number of ketones is 1. The van der Waals surface area contributed by atoms with Crippen LogP contribution in [0, 0.1) is 5.92 Å². The van der Waals surface area contributed by atoms with Gasteiger partial charge in [-0.05, 0) is 43.2 Å². The molecule has 0 aromatic heterocycles. The molecule has 0 fully saturated rings. The van der Waals surface area contributed by atoms with Crippen molar-refractivity contribution in [3.8, 4) is 0 Å². The normalized spacial score (nSPS) is 15.3. The van der Waals surface area contributed by atoms with E-state index in [-0.39, 0.29) is 11.7 Å². The Bertz CT molecular complexity index is 1190. The van der Waals surface area contributed by atoms with Gasteiger partial charge in [-0.3, -0.25) is 4.79 Å². The molecule has 0 aliphatic carbocycles. The summed E-state index contributed by atoms with van der Waals surface area (Å²) in [7, 11) is 2.05. The average molecular weight is 550 g/mol. The first-order valence-electron chi connectivity index (χ1n) is 13.5. The van der Waals surface area contributed by atoms with E-state index in [1.54, 1.807) is 17.8 Å². The van der Waals surface area contributed by atoms with Gasteiger partial charge in [0.2, 0.25) is 0 Å². The van der Waals surface area contributed by atoms with Crippen molar-refractivity contribution in [1.82, 2.24) is 10.4 Å². The summed E-state index contributed by atoms with van der Waals surface area (Å²) < 4.78 is 0. The summed E-state index contributed by atoms with van der Waals surface area (Å²) >= 11 is 7.78. The zero-order chi connectivity index (χ0) is 27.5. The lowest BCUT2D eigenvalue weighted by molar-refractivity contribution is -0.121. The third kappa shape index (κ3) is 8.28. The molecule has 3 rings (SSSR count). The number of hydrogen-bond donors (Lipinski definition) is 1. The van der Waals surface area contributed by atoms with Crippen LogP contribution < -0.4 is 5.43 Å². The fourth-order valence-electron chi connectivity index (χ4n) is 4.38. The predicted molar refractivity (Wildman–Crippen MR) is 164 cm³/mol. The highest BCUT2D eigenvalue weighted by Crippen LogP contribution is 2.38. The number of nitrogens with zero attached hydrogens (tertiary/aromatic N) is 2. The first-order chi connectivity index (χ1) is 18.4. The van der Waals surface area contributed by atoms with Crippen molar-refractivity contribution in [1.29, 1.82) is 0 Å². The van der Waals surface area contributed by atoms with Gasteiger partial charge in [-0.1, -0.05) is 106 Å². The van der Waals surface area contributed by atoms with Crippen LogP contribution in [-0.2, 0) is 4.79 Å². The van der Waals surface area contributed by atoms with Crippen LogP contribution >= 0.6 is 23.4 Å². The highest BCUT2D eigenvalue weighted by molar-refractivity contribution is 8.03. The van der Waals surface area contributed by atoms with Crippen LogP contribution in [0.2, 0.25) is 5.02 Å².